The average molecular weight is 673 g/mol. The van der Waals surface area contributed by atoms with Crippen LogP contribution in [0.4, 0.5) is 32.2 Å². The minimum absolute atomic E-state index is 0.0217. The fourth-order valence-corrected chi connectivity index (χ4v) is 4.70. The molecule has 0 radical (unpaired) electrons. The molecule has 0 aliphatic carbocycles. The molecule has 0 atom stereocenters. The van der Waals surface area contributed by atoms with Crippen LogP contribution in [0, 0.1) is 0 Å². The Morgan fingerprint density at radius 1 is 0.978 bits per heavy atom. The third-order valence-corrected chi connectivity index (χ3v) is 6.83. The lowest BCUT2D eigenvalue weighted by Crippen LogP contribution is -2.70. The molecular formula is C26H19ClF6N8O5. The summed E-state index contributed by atoms with van der Waals surface area (Å²) in [6, 6.07) is 10.6. The fourth-order valence-electron chi connectivity index (χ4n) is 4.51. The van der Waals surface area contributed by atoms with Gasteiger partial charge in [0.25, 0.3) is 0 Å². The second kappa shape index (κ2) is 12.0. The molecule has 3 heterocycles. The summed E-state index contributed by atoms with van der Waals surface area (Å²) in [5, 5.41) is 7.14. The zero-order valence-electron chi connectivity index (χ0n) is 22.9. The molecule has 5 rings (SSSR count). The molecule has 4 aromatic rings. The SMILES string of the molecule is Nc1ncnc2cc(CN3CCN(Cc4nc(-c5cccc(Cl)c5)n[nH]4)C(OC(=O)C(F)(F)F)(OC(=O)C(F)(F)F)C3=O)ccc12. The number of fused-ring (bicyclic) bond motifs is 1. The lowest BCUT2D eigenvalue weighted by molar-refractivity contribution is -0.315. The summed E-state index contributed by atoms with van der Waals surface area (Å²) in [4.78, 5) is 51.3. The normalized spacial score (nSPS) is 15.6. The Morgan fingerprint density at radius 3 is 2.33 bits per heavy atom. The number of H-pyrrole nitrogens is 1. The second-order valence-electron chi connectivity index (χ2n) is 9.73. The van der Waals surface area contributed by atoms with Gasteiger partial charge in [0.15, 0.2) is 5.82 Å². The molecule has 2 aromatic carbocycles. The fraction of sp³-hybridized carbons (Fsp3) is 0.269. The highest BCUT2D eigenvalue weighted by Crippen LogP contribution is 2.35. The molecule has 1 fully saturated rings. The third-order valence-electron chi connectivity index (χ3n) is 6.60. The molecule has 20 heteroatoms. The van der Waals surface area contributed by atoms with Crippen LogP contribution < -0.4 is 5.73 Å². The van der Waals surface area contributed by atoms with E-state index in [9.17, 15) is 40.7 Å². The van der Waals surface area contributed by atoms with Crippen LogP contribution in [0.2, 0.25) is 5.02 Å². The predicted octanol–water partition coefficient (Wildman–Crippen LogP) is 3.36. The topological polar surface area (TPSA) is 170 Å². The number of hydrogen-bond acceptors (Lipinski definition) is 11. The van der Waals surface area contributed by atoms with Crippen molar-refractivity contribution in [3.8, 4) is 11.4 Å². The second-order valence-corrected chi connectivity index (χ2v) is 10.2. The highest BCUT2D eigenvalue weighted by atomic mass is 35.5. The third kappa shape index (κ3) is 6.64. The molecule has 1 amide bonds. The molecule has 0 bridgehead atoms. The van der Waals surface area contributed by atoms with Gasteiger partial charge in [0, 0.05) is 35.6 Å². The Bertz CT molecular complexity index is 1790. The van der Waals surface area contributed by atoms with E-state index in [1.807, 2.05) is 0 Å². The molecule has 3 N–H and O–H groups in total. The van der Waals surface area contributed by atoms with E-state index < -0.39 is 55.7 Å². The number of nitrogens with one attached hydrogen (secondary N) is 1. The van der Waals surface area contributed by atoms with Gasteiger partial charge in [-0.05, 0) is 29.8 Å². The summed E-state index contributed by atoms with van der Waals surface area (Å²) < 4.78 is 89.4. The number of anilines is 1. The van der Waals surface area contributed by atoms with E-state index in [4.69, 9.17) is 17.3 Å². The number of aromatic nitrogens is 5. The number of esters is 2. The summed E-state index contributed by atoms with van der Waals surface area (Å²) >= 11 is 5.98. The number of halogens is 7. The number of alkyl halides is 6. The number of benzene rings is 2. The van der Waals surface area contributed by atoms with Crippen LogP contribution in [0.15, 0.2) is 48.8 Å². The summed E-state index contributed by atoms with van der Waals surface area (Å²) in [6.07, 6.45) is -10.5. The van der Waals surface area contributed by atoms with Gasteiger partial charge in [0.05, 0.1) is 12.1 Å². The highest BCUT2D eigenvalue weighted by Gasteiger charge is 2.62. The lowest BCUT2D eigenvalue weighted by atomic mass is 10.1. The smallest absolute Gasteiger partial charge is 0.394 e. The zero-order chi connectivity index (χ0) is 33.4. The largest absolute Gasteiger partial charge is 0.491 e. The number of piperazine rings is 1. The van der Waals surface area contributed by atoms with E-state index in [0.717, 1.165) is 11.2 Å². The van der Waals surface area contributed by atoms with Crippen molar-refractivity contribution in [2.45, 2.75) is 31.4 Å². The van der Waals surface area contributed by atoms with E-state index in [2.05, 4.69) is 34.6 Å². The molecule has 13 nitrogen and oxygen atoms in total. The minimum Gasteiger partial charge on any atom is -0.394 e. The van der Waals surface area contributed by atoms with Crippen LogP contribution in [0.5, 0.6) is 0 Å². The van der Waals surface area contributed by atoms with E-state index in [1.54, 1.807) is 18.2 Å². The summed E-state index contributed by atoms with van der Waals surface area (Å²) in [5.74, 6) is -11.8. The molecule has 1 saturated heterocycles. The van der Waals surface area contributed by atoms with Gasteiger partial charge in [-0.3, -0.25) is 9.89 Å². The first-order valence-electron chi connectivity index (χ1n) is 12.9. The Morgan fingerprint density at radius 2 is 1.67 bits per heavy atom. The average Bonchev–Trinajstić information content (AvgIpc) is 3.45. The molecular weight excluding hydrogens is 654 g/mol. The van der Waals surface area contributed by atoms with Crippen molar-refractivity contribution in [1.82, 2.24) is 34.9 Å². The first-order valence-corrected chi connectivity index (χ1v) is 13.3. The molecule has 1 aliphatic heterocycles. The Labute approximate surface area is 258 Å². The molecule has 242 valence electrons. The Kier molecular flexibility index (Phi) is 8.47. The van der Waals surface area contributed by atoms with Gasteiger partial charge >= 0.3 is 36.1 Å². The first-order chi connectivity index (χ1) is 21.6. The quantitative estimate of drug-likeness (QED) is 0.168. The number of carbonyl (C=O) groups is 3. The zero-order valence-corrected chi connectivity index (χ0v) is 23.7. The maximum Gasteiger partial charge on any atom is 0.491 e. The number of amides is 1. The standard InChI is InChI=1S/C26H19ClF6N8O5/c27-15-3-1-2-14(9-15)20-37-18(38-39-20)11-41-7-6-40(10-13-4-5-16-17(8-13)35-12-36-19(16)34)21(42)26(41,45-22(43)24(28,29)30)46-23(44)25(31,32)33/h1-5,8-9,12H,6-7,10-11H2,(H2,34,35,36)(H,37,38,39). The van der Waals surface area contributed by atoms with Crippen molar-refractivity contribution >= 4 is 46.2 Å². The molecule has 2 aromatic heterocycles. The highest BCUT2D eigenvalue weighted by molar-refractivity contribution is 6.30. The van der Waals surface area contributed by atoms with E-state index in [-0.39, 0.29) is 24.0 Å². The summed E-state index contributed by atoms with van der Waals surface area (Å²) in [5.41, 5.74) is 6.81. The number of nitrogen functional groups attached to an aromatic ring is 1. The Balaban J connectivity index is 1.54. The monoisotopic (exact) mass is 672 g/mol. The van der Waals surface area contributed by atoms with Gasteiger partial charge in [-0.25, -0.2) is 29.4 Å². The van der Waals surface area contributed by atoms with E-state index in [1.165, 1.54) is 24.3 Å². The van der Waals surface area contributed by atoms with Crippen LogP contribution in [-0.4, -0.2) is 84.1 Å². The molecule has 0 saturated carbocycles. The van der Waals surface area contributed by atoms with Crippen LogP contribution in [0.3, 0.4) is 0 Å². The van der Waals surface area contributed by atoms with Gasteiger partial charge in [0.2, 0.25) is 0 Å². The van der Waals surface area contributed by atoms with Crippen molar-refractivity contribution in [3.05, 3.63) is 65.2 Å². The van der Waals surface area contributed by atoms with Crippen LogP contribution >= 0.6 is 11.6 Å². The van der Waals surface area contributed by atoms with Crippen molar-refractivity contribution in [2.75, 3.05) is 18.8 Å². The van der Waals surface area contributed by atoms with Crippen LogP contribution in [-0.2, 0) is 36.9 Å². The molecule has 1 aliphatic rings. The number of carbonyl (C=O) groups excluding carboxylic acids is 3. The van der Waals surface area contributed by atoms with Gasteiger partial charge in [-0.15, -0.1) is 0 Å². The predicted molar refractivity (Wildman–Crippen MR) is 144 cm³/mol. The van der Waals surface area contributed by atoms with Crippen molar-refractivity contribution in [3.63, 3.8) is 0 Å². The number of nitrogens with zero attached hydrogens (tertiary/aromatic N) is 6. The van der Waals surface area contributed by atoms with Crippen LogP contribution in [0.1, 0.15) is 11.4 Å². The Hall–Kier alpha value is -5.04. The number of aromatic amines is 1. The summed E-state index contributed by atoms with van der Waals surface area (Å²) in [7, 11) is 0. The van der Waals surface area contributed by atoms with Crippen molar-refractivity contribution in [2.24, 2.45) is 0 Å². The molecule has 0 spiro atoms. The summed E-state index contributed by atoms with van der Waals surface area (Å²) in [6.45, 7) is -2.15. The van der Waals surface area contributed by atoms with Gasteiger partial charge < -0.3 is 20.1 Å². The number of ether oxygens (including phenoxy) is 2. The van der Waals surface area contributed by atoms with Gasteiger partial charge in [-0.1, -0.05) is 29.8 Å². The lowest BCUT2D eigenvalue weighted by Gasteiger charge is -2.46. The van der Waals surface area contributed by atoms with E-state index in [0.29, 0.717) is 32.0 Å². The maximum atomic E-state index is 13.8. The van der Waals surface area contributed by atoms with Crippen molar-refractivity contribution in [1.29, 1.82) is 0 Å². The van der Waals surface area contributed by atoms with Gasteiger partial charge in [0.1, 0.15) is 18.0 Å². The number of hydrogen-bond donors (Lipinski definition) is 2. The first kappa shape index (κ1) is 32.4. The molecule has 46 heavy (non-hydrogen) atoms. The van der Waals surface area contributed by atoms with E-state index >= 15 is 0 Å². The minimum atomic E-state index is -5.81. The number of nitrogens with two attached hydrogens (primary N) is 1. The van der Waals surface area contributed by atoms with Crippen LogP contribution in [0.25, 0.3) is 22.3 Å². The maximum absolute atomic E-state index is 13.8. The van der Waals surface area contributed by atoms with Gasteiger partial charge in [-0.2, -0.15) is 31.4 Å². The number of rotatable bonds is 7. The van der Waals surface area contributed by atoms with Crippen molar-refractivity contribution < 1.29 is 50.2 Å². The molecule has 0 unspecified atom stereocenters.